The third-order valence-corrected chi connectivity index (χ3v) is 5.07. The van der Waals surface area contributed by atoms with Crippen LogP contribution in [0.15, 0.2) is 54.6 Å². The number of para-hydroxylation sites is 1. The van der Waals surface area contributed by atoms with Crippen molar-refractivity contribution in [2.45, 2.75) is 31.7 Å². The molecule has 0 amide bonds. The summed E-state index contributed by atoms with van der Waals surface area (Å²) in [6, 6.07) is 19.2. The van der Waals surface area contributed by atoms with Gasteiger partial charge in [0.2, 0.25) is 0 Å². The summed E-state index contributed by atoms with van der Waals surface area (Å²) in [4.78, 5) is 4.87. The summed E-state index contributed by atoms with van der Waals surface area (Å²) in [6.45, 7) is 1.14. The van der Waals surface area contributed by atoms with Gasteiger partial charge in [-0.2, -0.15) is 0 Å². The second-order valence-corrected chi connectivity index (χ2v) is 6.98. The lowest BCUT2D eigenvalue weighted by Crippen LogP contribution is -2.35. The van der Waals surface area contributed by atoms with Crippen LogP contribution in [-0.4, -0.2) is 17.6 Å². The van der Waals surface area contributed by atoms with Crippen molar-refractivity contribution >= 4 is 22.5 Å². The molecule has 1 atom stereocenters. The van der Waals surface area contributed by atoms with Crippen molar-refractivity contribution in [3.05, 3.63) is 65.2 Å². The van der Waals surface area contributed by atoms with Gasteiger partial charge in [-0.1, -0.05) is 48.4 Å². The molecule has 1 aromatic heterocycles. The molecule has 24 heavy (non-hydrogen) atoms. The first-order valence-electron chi connectivity index (χ1n) is 8.67. The number of hydrogen-bond donors (Lipinski definition) is 1. The summed E-state index contributed by atoms with van der Waals surface area (Å²) >= 11 is 6.03. The van der Waals surface area contributed by atoms with Gasteiger partial charge in [0.25, 0.3) is 0 Å². The highest BCUT2D eigenvalue weighted by Gasteiger charge is 2.16. The van der Waals surface area contributed by atoms with Gasteiger partial charge in [0.1, 0.15) is 0 Å². The third-order valence-electron chi connectivity index (χ3n) is 4.82. The summed E-state index contributed by atoms with van der Waals surface area (Å²) < 4.78 is 0. The van der Waals surface area contributed by atoms with Gasteiger partial charge in [-0.05, 0) is 55.6 Å². The normalized spacial score (nSPS) is 18.0. The van der Waals surface area contributed by atoms with E-state index in [9.17, 15) is 0 Å². The summed E-state index contributed by atoms with van der Waals surface area (Å²) in [5.41, 5.74) is 4.58. The van der Waals surface area contributed by atoms with Gasteiger partial charge in [0, 0.05) is 22.0 Å². The van der Waals surface area contributed by atoms with Crippen LogP contribution < -0.4 is 5.32 Å². The molecule has 0 spiro atoms. The second-order valence-electron chi connectivity index (χ2n) is 6.54. The molecule has 2 nitrogen and oxygen atoms in total. The van der Waals surface area contributed by atoms with Crippen molar-refractivity contribution in [2.75, 3.05) is 6.54 Å². The molecule has 2 heterocycles. The zero-order chi connectivity index (χ0) is 16.4. The van der Waals surface area contributed by atoms with Gasteiger partial charge < -0.3 is 5.32 Å². The Hall–Kier alpha value is -1.90. The Balaban J connectivity index is 1.76. The molecule has 0 saturated carbocycles. The third kappa shape index (κ3) is 3.31. The average molecular weight is 337 g/mol. The number of hydrogen-bond acceptors (Lipinski definition) is 2. The van der Waals surface area contributed by atoms with Gasteiger partial charge in [0.15, 0.2) is 0 Å². The van der Waals surface area contributed by atoms with E-state index >= 15 is 0 Å². The van der Waals surface area contributed by atoms with Crippen molar-refractivity contribution in [3.8, 4) is 11.3 Å². The minimum Gasteiger partial charge on any atom is -0.314 e. The zero-order valence-electron chi connectivity index (χ0n) is 13.6. The second kappa shape index (κ2) is 6.92. The predicted octanol–water partition coefficient (Wildman–Crippen LogP) is 5.24. The molecule has 1 unspecified atom stereocenters. The first-order chi connectivity index (χ1) is 11.8. The van der Waals surface area contributed by atoms with Crippen LogP contribution in [0.25, 0.3) is 22.2 Å². The summed E-state index contributed by atoms with van der Waals surface area (Å²) in [7, 11) is 0. The molecule has 1 fully saturated rings. The fourth-order valence-electron chi connectivity index (χ4n) is 3.55. The Morgan fingerprint density at radius 3 is 2.67 bits per heavy atom. The molecule has 4 rings (SSSR count). The maximum absolute atomic E-state index is 6.03. The molecule has 3 heteroatoms. The van der Waals surface area contributed by atoms with Crippen LogP contribution >= 0.6 is 11.6 Å². The van der Waals surface area contributed by atoms with Crippen LogP contribution in [0.2, 0.25) is 5.02 Å². The lowest BCUT2D eigenvalue weighted by Gasteiger charge is -2.24. The maximum Gasteiger partial charge on any atom is 0.0712 e. The average Bonchev–Trinajstić information content (AvgIpc) is 2.63. The van der Waals surface area contributed by atoms with Gasteiger partial charge in [0.05, 0.1) is 11.2 Å². The molecule has 0 radical (unpaired) electrons. The van der Waals surface area contributed by atoms with Crippen LogP contribution in [0.4, 0.5) is 0 Å². The highest BCUT2D eigenvalue weighted by atomic mass is 35.5. The fraction of sp³-hybridized carbons (Fsp3) is 0.286. The molecule has 122 valence electrons. The number of nitrogens with one attached hydrogen (secondary N) is 1. The molecule has 3 aromatic rings. The van der Waals surface area contributed by atoms with Gasteiger partial charge >= 0.3 is 0 Å². The summed E-state index contributed by atoms with van der Waals surface area (Å²) in [5, 5.41) is 5.68. The molecule has 1 N–H and O–H groups in total. The number of nitrogens with zero attached hydrogens (tertiary/aromatic N) is 1. The molecule has 2 aromatic carbocycles. The van der Waals surface area contributed by atoms with E-state index in [1.165, 1.54) is 30.2 Å². The van der Waals surface area contributed by atoms with E-state index < -0.39 is 0 Å². The number of piperidine rings is 1. The zero-order valence-corrected chi connectivity index (χ0v) is 14.4. The SMILES string of the molecule is Clc1ccc(-c2cc(CC3CCCCN3)c3ccccc3n2)cc1. The first kappa shape index (κ1) is 15.6. The topological polar surface area (TPSA) is 24.9 Å². The Kier molecular flexibility index (Phi) is 4.50. The van der Waals surface area contributed by atoms with Crippen molar-refractivity contribution in [2.24, 2.45) is 0 Å². The Morgan fingerprint density at radius 2 is 1.88 bits per heavy atom. The fourth-order valence-corrected chi connectivity index (χ4v) is 3.67. The summed E-state index contributed by atoms with van der Waals surface area (Å²) in [5.74, 6) is 0. The highest BCUT2D eigenvalue weighted by molar-refractivity contribution is 6.30. The van der Waals surface area contributed by atoms with Crippen molar-refractivity contribution in [3.63, 3.8) is 0 Å². The lowest BCUT2D eigenvalue weighted by molar-refractivity contribution is 0.400. The van der Waals surface area contributed by atoms with E-state index in [2.05, 4.69) is 35.6 Å². The number of aromatic nitrogens is 1. The van der Waals surface area contributed by atoms with E-state index in [0.29, 0.717) is 6.04 Å². The predicted molar refractivity (Wildman–Crippen MR) is 102 cm³/mol. The van der Waals surface area contributed by atoms with E-state index in [1.54, 1.807) is 0 Å². The minimum absolute atomic E-state index is 0.572. The molecular formula is C21H21ClN2. The summed E-state index contributed by atoms with van der Waals surface area (Å²) in [6.07, 6.45) is 4.94. The molecule has 1 aliphatic heterocycles. The Bertz CT molecular complexity index is 836. The van der Waals surface area contributed by atoms with Crippen molar-refractivity contribution in [1.82, 2.24) is 10.3 Å². The smallest absolute Gasteiger partial charge is 0.0712 e. The molecule has 0 aliphatic carbocycles. The van der Waals surface area contributed by atoms with Crippen LogP contribution in [0.3, 0.4) is 0 Å². The van der Waals surface area contributed by atoms with Crippen molar-refractivity contribution in [1.29, 1.82) is 0 Å². The van der Waals surface area contributed by atoms with Crippen LogP contribution in [0.1, 0.15) is 24.8 Å². The number of halogens is 1. The molecule has 1 saturated heterocycles. The number of benzene rings is 2. The molecule has 1 aliphatic rings. The Labute approximate surface area is 147 Å². The van der Waals surface area contributed by atoms with E-state index in [-0.39, 0.29) is 0 Å². The number of rotatable bonds is 3. The van der Waals surface area contributed by atoms with Crippen LogP contribution in [0.5, 0.6) is 0 Å². The first-order valence-corrected chi connectivity index (χ1v) is 9.05. The number of pyridine rings is 1. The van der Waals surface area contributed by atoms with Crippen molar-refractivity contribution < 1.29 is 0 Å². The maximum atomic E-state index is 6.03. The quantitative estimate of drug-likeness (QED) is 0.707. The number of fused-ring (bicyclic) bond motifs is 1. The highest BCUT2D eigenvalue weighted by Crippen LogP contribution is 2.27. The van der Waals surface area contributed by atoms with Crippen LogP contribution in [0, 0.1) is 0 Å². The van der Waals surface area contributed by atoms with Crippen LogP contribution in [-0.2, 0) is 6.42 Å². The van der Waals surface area contributed by atoms with Gasteiger partial charge in [-0.25, -0.2) is 4.98 Å². The van der Waals surface area contributed by atoms with Gasteiger partial charge in [-0.3, -0.25) is 0 Å². The Morgan fingerprint density at radius 1 is 1.04 bits per heavy atom. The lowest BCUT2D eigenvalue weighted by atomic mass is 9.94. The molecular weight excluding hydrogens is 316 g/mol. The minimum atomic E-state index is 0.572. The monoisotopic (exact) mass is 336 g/mol. The van der Waals surface area contributed by atoms with E-state index in [4.69, 9.17) is 16.6 Å². The standard InChI is InChI=1S/C21H21ClN2/c22-17-10-8-15(9-11-17)21-14-16(13-18-5-3-4-12-23-18)19-6-1-2-7-20(19)24-21/h1-2,6-11,14,18,23H,3-5,12-13H2. The van der Waals surface area contributed by atoms with E-state index in [1.807, 2.05) is 24.3 Å². The largest absolute Gasteiger partial charge is 0.314 e. The van der Waals surface area contributed by atoms with Gasteiger partial charge in [-0.15, -0.1) is 0 Å². The molecule has 0 bridgehead atoms. The van der Waals surface area contributed by atoms with E-state index in [0.717, 1.165) is 34.8 Å².